The van der Waals surface area contributed by atoms with Gasteiger partial charge in [0.1, 0.15) is 6.54 Å². The summed E-state index contributed by atoms with van der Waals surface area (Å²) < 4.78 is 1.85. The van der Waals surface area contributed by atoms with Crippen molar-refractivity contribution in [3.8, 4) is 0 Å². The minimum absolute atomic E-state index is 0.553. The van der Waals surface area contributed by atoms with Crippen LogP contribution in [0.3, 0.4) is 0 Å². The second-order valence-electron chi connectivity index (χ2n) is 3.21. The van der Waals surface area contributed by atoms with Gasteiger partial charge in [0.25, 0.3) is 0 Å². The number of hydrogen-bond donors (Lipinski definition) is 1. The normalized spacial score (nSPS) is 10.8. The summed E-state index contributed by atoms with van der Waals surface area (Å²) in [4.78, 5) is 1.44. The summed E-state index contributed by atoms with van der Waals surface area (Å²) in [7, 11) is 3.64. The molecule has 0 spiro atoms. The molecule has 80 valence electrons. The summed E-state index contributed by atoms with van der Waals surface area (Å²) in [5, 5.41) is 19.1. The van der Waals surface area contributed by atoms with E-state index >= 15 is 0 Å². The van der Waals surface area contributed by atoms with Crippen molar-refractivity contribution in [2.24, 2.45) is 7.05 Å². The molecule has 0 aliphatic carbocycles. The van der Waals surface area contributed by atoms with Crippen LogP contribution in [0, 0.1) is 0 Å². The molecule has 15 heavy (non-hydrogen) atoms. The molecule has 0 unspecified atom stereocenters. The van der Waals surface area contributed by atoms with E-state index in [0.29, 0.717) is 12.4 Å². The monoisotopic (exact) mass is 207 g/mol. The highest BCUT2D eigenvalue weighted by molar-refractivity contribution is 5.01. The minimum atomic E-state index is 0.553. The highest BCUT2D eigenvalue weighted by Crippen LogP contribution is 2.00. The molecule has 0 radical (unpaired) electrons. The van der Waals surface area contributed by atoms with Gasteiger partial charge in [-0.3, -0.25) is 4.68 Å². The van der Waals surface area contributed by atoms with Crippen LogP contribution in [-0.2, 0) is 20.1 Å². The van der Waals surface area contributed by atoms with Crippen molar-refractivity contribution in [1.82, 2.24) is 35.3 Å². The van der Waals surface area contributed by atoms with Crippen molar-refractivity contribution in [3.05, 3.63) is 23.8 Å². The average Bonchev–Trinajstić information content (AvgIpc) is 2.78. The number of hydrogen-bond acceptors (Lipinski definition) is 5. The lowest BCUT2D eigenvalue weighted by Crippen LogP contribution is -2.13. The standard InChI is InChI=1S/C8H13N7/c1-9-5-7-3-4-10-15(7)6-8-11-13-14(2)12-8/h3-4,9H,5-6H2,1-2H3. The van der Waals surface area contributed by atoms with Crippen molar-refractivity contribution in [1.29, 1.82) is 0 Å². The van der Waals surface area contributed by atoms with Gasteiger partial charge in [-0.2, -0.15) is 9.90 Å². The Labute approximate surface area is 87.1 Å². The Morgan fingerprint density at radius 1 is 1.47 bits per heavy atom. The molecule has 0 aliphatic rings. The third-order valence-electron chi connectivity index (χ3n) is 2.00. The summed E-state index contributed by atoms with van der Waals surface area (Å²) in [6, 6.07) is 1.97. The van der Waals surface area contributed by atoms with Gasteiger partial charge in [-0.1, -0.05) is 0 Å². The fourth-order valence-electron chi connectivity index (χ4n) is 1.35. The third kappa shape index (κ3) is 2.18. The van der Waals surface area contributed by atoms with Gasteiger partial charge in [0, 0.05) is 12.7 Å². The van der Waals surface area contributed by atoms with Crippen LogP contribution in [0.1, 0.15) is 11.5 Å². The number of aryl methyl sites for hydroxylation is 1. The van der Waals surface area contributed by atoms with Crippen LogP contribution in [-0.4, -0.2) is 37.0 Å². The quantitative estimate of drug-likeness (QED) is 0.708. The summed E-state index contributed by atoms with van der Waals surface area (Å²) in [5.74, 6) is 0.665. The lowest BCUT2D eigenvalue weighted by atomic mass is 10.4. The second-order valence-corrected chi connectivity index (χ2v) is 3.21. The summed E-state index contributed by atoms with van der Waals surface area (Å²) in [6.45, 7) is 1.33. The van der Waals surface area contributed by atoms with Crippen molar-refractivity contribution in [2.45, 2.75) is 13.1 Å². The van der Waals surface area contributed by atoms with E-state index in [1.165, 1.54) is 4.80 Å². The first kappa shape index (κ1) is 9.78. The van der Waals surface area contributed by atoms with Crippen LogP contribution >= 0.6 is 0 Å². The summed E-state index contributed by atoms with van der Waals surface area (Å²) >= 11 is 0. The van der Waals surface area contributed by atoms with Gasteiger partial charge in [-0.05, 0) is 18.3 Å². The molecule has 0 aliphatic heterocycles. The zero-order chi connectivity index (χ0) is 10.7. The van der Waals surface area contributed by atoms with E-state index in [1.807, 2.05) is 17.8 Å². The molecular formula is C8H13N7. The number of nitrogens with zero attached hydrogens (tertiary/aromatic N) is 6. The van der Waals surface area contributed by atoms with Crippen LogP contribution in [0.4, 0.5) is 0 Å². The average molecular weight is 207 g/mol. The van der Waals surface area contributed by atoms with Gasteiger partial charge in [-0.25, -0.2) is 0 Å². The van der Waals surface area contributed by atoms with E-state index in [9.17, 15) is 0 Å². The summed E-state index contributed by atoms with van der Waals surface area (Å²) in [6.07, 6.45) is 1.77. The predicted octanol–water partition coefficient (Wildman–Crippen LogP) is -0.826. The number of tetrazole rings is 1. The lowest BCUT2D eigenvalue weighted by molar-refractivity contribution is 0.593. The van der Waals surface area contributed by atoms with Gasteiger partial charge in [0.2, 0.25) is 0 Å². The minimum Gasteiger partial charge on any atom is -0.314 e. The predicted molar refractivity (Wildman–Crippen MR) is 52.9 cm³/mol. The molecule has 2 rings (SSSR count). The number of rotatable bonds is 4. The van der Waals surface area contributed by atoms with Crippen LogP contribution in [0.2, 0.25) is 0 Å². The summed E-state index contributed by atoms with van der Waals surface area (Å²) in [5.41, 5.74) is 1.10. The van der Waals surface area contributed by atoms with E-state index in [2.05, 4.69) is 25.8 Å². The Morgan fingerprint density at radius 3 is 3.00 bits per heavy atom. The van der Waals surface area contributed by atoms with E-state index in [-0.39, 0.29) is 0 Å². The van der Waals surface area contributed by atoms with Crippen molar-refractivity contribution >= 4 is 0 Å². The Balaban J connectivity index is 2.13. The van der Waals surface area contributed by atoms with Gasteiger partial charge in [0.15, 0.2) is 5.82 Å². The Kier molecular flexibility index (Phi) is 2.72. The van der Waals surface area contributed by atoms with Crippen LogP contribution in [0.5, 0.6) is 0 Å². The zero-order valence-corrected chi connectivity index (χ0v) is 8.75. The third-order valence-corrected chi connectivity index (χ3v) is 2.00. The molecule has 0 saturated heterocycles. The van der Waals surface area contributed by atoms with E-state index in [1.54, 1.807) is 13.2 Å². The first-order chi connectivity index (χ1) is 7.29. The van der Waals surface area contributed by atoms with Crippen LogP contribution < -0.4 is 5.32 Å². The lowest BCUT2D eigenvalue weighted by Gasteiger charge is -2.03. The highest BCUT2D eigenvalue weighted by Gasteiger charge is 2.05. The highest BCUT2D eigenvalue weighted by atomic mass is 15.6. The number of aromatic nitrogens is 6. The molecule has 7 heteroatoms. The molecular weight excluding hydrogens is 194 g/mol. The number of nitrogens with one attached hydrogen (secondary N) is 1. The smallest absolute Gasteiger partial charge is 0.196 e. The molecule has 0 amide bonds. The van der Waals surface area contributed by atoms with Gasteiger partial charge >= 0.3 is 0 Å². The SMILES string of the molecule is CNCc1ccnn1Cc1nnn(C)n1. The van der Waals surface area contributed by atoms with Gasteiger partial charge in [0.05, 0.1) is 12.7 Å². The largest absolute Gasteiger partial charge is 0.314 e. The molecule has 2 aromatic heterocycles. The Morgan fingerprint density at radius 2 is 2.33 bits per heavy atom. The van der Waals surface area contributed by atoms with Crippen molar-refractivity contribution in [2.75, 3.05) is 7.05 Å². The molecule has 0 saturated carbocycles. The molecule has 0 atom stereocenters. The first-order valence-electron chi connectivity index (χ1n) is 4.68. The van der Waals surface area contributed by atoms with Gasteiger partial charge in [-0.15, -0.1) is 10.2 Å². The molecule has 7 nitrogen and oxygen atoms in total. The van der Waals surface area contributed by atoms with Crippen LogP contribution in [0.15, 0.2) is 12.3 Å². The Bertz CT molecular complexity index is 430. The topological polar surface area (TPSA) is 73.5 Å². The van der Waals surface area contributed by atoms with Crippen molar-refractivity contribution < 1.29 is 0 Å². The van der Waals surface area contributed by atoms with E-state index in [4.69, 9.17) is 0 Å². The Hall–Kier alpha value is -1.76. The fourth-order valence-corrected chi connectivity index (χ4v) is 1.35. The van der Waals surface area contributed by atoms with Crippen molar-refractivity contribution in [3.63, 3.8) is 0 Å². The molecule has 2 aromatic rings. The van der Waals surface area contributed by atoms with E-state index in [0.717, 1.165) is 12.2 Å². The van der Waals surface area contributed by atoms with E-state index < -0.39 is 0 Å². The molecule has 2 heterocycles. The fraction of sp³-hybridized carbons (Fsp3) is 0.500. The molecule has 0 aromatic carbocycles. The van der Waals surface area contributed by atoms with Crippen LogP contribution in [0.25, 0.3) is 0 Å². The second kappa shape index (κ2) is 4.18. The maximum absolute atomic E-state index is 4.20. The zero-order valence-electron chi connectivity index (χ0n) is 8.75. The maximum Gasteiger partial charge on any atom is 0.196 e. The first-order valence-corrected chi connectivity index (χ1v) is 4.68. The molecule has 0 fully saturated rings. The maximum atomic E-state index is 4.20. The van der Waals surface area contributed by atoms with Gasteiger partial charge < -0.3 is 5.32 Å². The molecule has 1 N–H and O–H groups in total. The molecule has 0 bridgehead atoms.